The minimum atomic E-state index is -1.02. The van der Waals surface area contributed by atoms with Crippen LogP contribution in [0.2, 0.25) is 0 Å². The molecular formula is C92H114O12. The molecule has 0 aromatic heterocycles. The molecule has 20 saturated carbocycles. The first-order valence-electron chi connectivity index (χ1n) is 43.4. The SMILES string of the molecule is C[C@]12CCC(=O)C=C1C1CC1C1C2CC[C@@]2(C)C1C1CC1[C@@]21CC(C(=O)O)C(=O)O1.C[C@]12CCC(=O)C=C1C1CC1C1C2CC[C@@]2(C)C1C1CC1[C@@]21CCC(=O)O1.C[C@]12CCC(=O)C=C1C1CC1C1C2CC[C@@]2(C)C1C1CC1[C@@]21CO1.C[C@]12CCC(=O)C=C1C1CC1C1C2CC[C@]2(C)C(=O)C3CC3C12. The summed E-state index contributed by atoms with van der Waals surface area (Å²) < 4.78 is 18.5. The first kappa shape index (κ1) is 64.5. The Morgan fingerprint density at radius 1 is 0.365 bits per heavy atom. The maximum absolute atomic E-state index is 12.8. The molecular weight excluding hydrogens is 1300 g/mol. The number of allylic oxidation sites excluding steroid dienone is 4. The van der Waals surface area contributed by atoms with Crippen LogP contribution in [0.4, 0.5) is 0 Å². The molecule has 3 aliphatic heterocycles. The fraction of sp³-hybridized carbons (Fsp3) is 0.826. The van der Waals surface area contributed by atoms with Crippen molar-refractivity contribution < 1.29 is 57.7 Å². The summed E-state index contributed by atoms with van der Waals surface area (Å²) in [7, 11) is 0. The van der Waals surface area contributed by atoms with Crippen molar-refractivity contribution in [3.05, 3.63) is 46.6 Å². The van der Waals surface area contributed by atoms with Crippen LogP contribution in [0.25, 0.3) is 0 Å². The quantitative estimate of drug-likeness (QED) is 0.149. The highest BCUT2D eigenvalue weighted by Gasteiger charge is 2.86. The van der Waals surface area contributed by atoms with Gasteiger partial charge in [0.25, 0.3) is 0 Å². The molecule has 1 N–H and O–H groups in total. The van der Waals surface area contributed by atoms with Crippen molar-refractivity contribution in [2.75, 3.05) is 6.61 Å². The van der Waals surface area contributed by atoms with Crippen molar-refractivity contribution in [1.29, 1.82) is 0 Å². The molecule has 0 aromatic carbocycles. The van der Waals surface area contributed by atoms with Crippen molar-refractivity contribution in [2.24, 2.45) is 215 Å². The summed E-state index contributed by atoms with van der Waals surface area (Å²) in [6.45, 7) is 20.7. The number of ketones is 5. The fourth-order valence-corrected chi connectivity index (χ4v) is 36.8. The number of carbonyl (C=O) groups is 8. The highest BCUT2D eigenvalue weighted by Crippen LogP contribution is 2.87. The van der Waals surface area contributed by atoms with Crippen LogP contribution >= 0.6 is 0 Å². The van der Waals surface area contributed by atoms with Crippen LogP contribution in [-0.4, -0.2) is 75.3 Å². The van der Waals surface area contributed by atoms with E-state index in [1.54, 1.807) is 5.57 Å². The first-order valence-corrected chi connectivity index (χ1v) is 43.4. The number of epoxide rings is 1. The Morgan fingerprint density at radius 2 is 0.721 bits per heavy atom. The molecule has 0 radical (unpaired) electrons. The molecule has 3 heterocycles. The standard InChI is InChI=1S/C25H30O5.C24H30O3.C22H28O2.C21H26O2/c1-23-5-3-11(26)7-17(23)12-8-13(12)19-16(23)4-6-24(2)20(19)14-9-18(14)25(24)10-15(21(27)28)22(29)30-25;1-22-6-3-12(25)9-17(22)13-10-14(13)20-16(22)4-7-23(2)21(20)15-11-18(15)24(23)8-5-19(26)27-24;1-20-5-3-11(23)7-16(20)12-8-13(12)18-15(20)4-6-21(2)19(18)14-9-17(14)22(21)10-24-22;1-20-5-3-10(22)7-16(20)11-8-12(11)17-15(20)4-6-21(2)18(17)13-9-14(13)19(21)23/h7,12-16,18-20H,3-6,8-10H2,1-2H3,(H,27,28);9,13-16,18,20-21H,3-8,10-11H2,1-2H3;7,12-15,17-19H,3-6,8-10H2,1-2H3;7,11-15,17-18H,3-6,8-9H2,1-2H3/t12?,13?,14?,15?,16?,18?,19?,20?,23-,24+,25+;13?,14?,15?,16?,18?,20?,21?,22-,23+,24+;12?,13?,14?,15?,17?,18?,19?,20-,21+,22+;11?,12?,13?,14?,15?,17?,18?,20-,21+/m1111/s1. The lowest BCUT2D eigenvalue weighted by Crippen LogP contribution is -2.57. The molecule has 40 atom stereocenters. The van der Waals surface area contributed by atoms with Gasteiger partial charge in [-0.2, -0.15) is 0 Å². The monoisotopic (exact) mass is 1410 g/mol. The van der Waals surface area contributed by atoms with Crippen molar-refractivity contribution in [3.8, 4) is 0 Å². The zero-order valence-corrected chi connectivity index (χ0v) is 63.3. The largest absolute Gasteiger partial charge is 0.481 e. The Hall–Kier alpha value is -4.32. The molecule has 23 fully saturated rings. The van der Waals surface area contributed by atoms with E-state index in [1.165, 1.54) is 93.8 Å². The van der Waals surface area contributed by atoms with Crippen LogP contribution in [0.15, 0.2) is 46.6 Å². The van der Waals surface area contributed by atoms with E-state index >= 15 is 0 Å². The van der Waals surface area contributed by atoms with Gasteiger partial charge >= 0.3 is 17.9 Å². The molecule has 554 valence electrons. The Kier molecular flexibility index (Phi) is 12.1. The molecule has 3 spiro atoms. The number of Topliss-reactive ketones (excluding diaryl/α,β-unsaturated/α-hetero) is 1. The lowest BCUT2D eigenvalue weighted by atomic mass is 9.45. The topological polar surface area (TPSA) is 188 Å². The molecule has 0 amide bonds. The number of rotatable bonds is 1. The molecule has 12 nitrogen and oxygen atoms in total. The van der Waals surface area contributed by atoms with Gasteiger partial charge in [0.05, 0.1) is 6.61 Å². The molecule has 104 heavy (non-hydrogen) atoms. The molecule has 0 aromatic rings. The normalized spacial score (nSPS) is 62.4. The minimum absolute atomic E-state index is 0.00392. The summed E-state index contributed by atoms with van der Waals surface area (Å²) in [5.74, 6) is 19.9. The third-order valence-electron chi connectivity index (χ3n) is 41.7. The second-order valence-electron chi connectivity index (χ2n) is 44.5. The van der Waals surface area contributed by atoms with Gasteiger partial charge in [-0.15, -0.1) is 0 Å². The Balaban J connectivity index is 0.0000000831. The predicted octanol–water partition coefficient (Wildman–Crippen LogP) is 15.7. The first-order chi connectivity index (χ1) is 49.5. The third-order valence-corrected chi connectivity index (χ3v) is 41.7. The zero-order chi connectivity index (χ0) is 70.9. The van der Waals surface area contributed by atoms with Crippen LogP contribution < -0.4 is 0 Å². The Morgan fingerprint density at radius 3 is 1.10 bits per heavy atom. The van der Waals surface area contributed by atoms with E-state index in [0.29, 0.717) is 136 Å². The van der Waals surface area contributed by atoms with Crippen LogP contribution in [-0.2, 0) is 52.6 Å². The third kappa shape index (κ3) is 7.51. The summed E-state index contributed by atoms with van der Waals surface area (Å²) in [6.07, 6.45) is 37.3. The maximum atomic E-state index is 12.8. The lowest BCUT2D eigenvalue weighted by Gasteiger charge is -2.60. The van der Waals surface area contributed by atoms with Crippen LogP contribution in [0, 0.1) is 215 Å². The van der Waals surface area contributed by atoms with Gasteiger partial charge in [-0.1, -0.05) is 77.7 Å². The van der Waals surface area contributed by atoms with Crippen molar-refractivity contribution in [3.63, 3.8) is 0 Å². The van der Waals surface area contributed by atoms with Gasteiger partial charge in [0, 0.05) is 77.9 Å². The number of hydrogen-bond donors (Lipinski definition) is 1. The summed E-state index contributed by atoms with van der Waals surface area (Å²) in [5, 5.41) is 9.59. The van der Waals surface area contributed by atoms with Crippen LogP contribution in [0.5, 0.6) is 0 Å². The summed E-state index contributed by atoms with van der Waals surface area (Å²) in [5.41, 5.74) is 7.25. The van der Waals surface area contributed by atoms with Gasteiger partial charge in [0.15, 0.2) is 29.1 Å². The molecule has 27 rings (SSSR count). The smallest absolute Gasteiger partial charge is 0.321 e. The maximum Gasteiger partial charge on any atom is 0.321 e. The number of carboxylic acids is 1. The van der Waals surface area contributed by atoms with Crippen molar-refractivity contribution >= 4 is 46.8 Å². The molecule has 0 bridgehead atoms. The zero-order valence-electron chi connectivity index (χ0n) is 63.3. The van der Waals surface area contributed by atoms with E-state index < -0.39 is 23.5 Å². The summed E-state index contributed by atoms with van der Waals surface area (Å²) in [6, 6.07) is 0. The van der Waals surface area contributed by atoms with E-state index in [-0.39, 0.29) is 44.1 Å². The van der Waals surface area contributed by atoms with Gasteiger partial charge in [0.1, 0.15) is 22.6 Å². The second-order valence-corrected chi connectivity index (χ2v) is 44.5. The van der Waals surface area contributed by atoms with E-state index in [0.717, 1.165) is 178 Å². The fourth-order valence-electron chi connectivity index (χ4n) is 36.8. The number of carboxylic acid groups (broad SMARTS) is 1. The molecule has 27 aliphatic rings. The average Bonchev–Trinajstić information content (AvgIpc) is 1.48. The van der Waals surface area contributed by atoms with Crippen LogP contribution in [0.3, 0.4) is 0 Å². The Labute approximate surface area is 614 Å². The predicted molar refractivity (Wildman–Crippen MR) is 382 cm³/mol. The molecule has 3 saturated heterocycles. The van der Waals surface area contributed by atoms with E-state index in [2.05, 4.69) is 67.5 Å². The van der Waals surface area contributed by atoms with Gasteiger partial charge in [-0.05, 0) is 329 Å². The van der Waals surface area contributed by atoms with E-state index in [4.69, 9.17) is 14.2 Å². The van der Waals surface area contributed by atoms with E-state index in [1.807, 2.05) is 12.2 Å². The number of aliphatic carboxylic acids is 1. The number of fused-ring (bicyclic) bond motifs is 46. The van der Waals surface area contributed by atoms with Gasteiger partial charge in [0.2, 0.25) is 0 Å². The van der Waals surface area contributed by atoms with E-state index in [9.17, 15) is 43.5 Å². The molecule has 12 heteroatoms. The molecule has 24 aliphatic carbocycles. The highest BCUT2D eigenvalue weighted by atomic mass is 16.6. The number of esters is 2. The number of carbonyl (C=O) groups excluding carboxylic acids is 7. The van der Waals surface area contributed by atoms with Gasteiger partial charge < -0.3 is 19.3 Å². The van der Waals surface area contributed by atoms with Gasteiger partial charge in [-0.3, -0.25) is 38.4 Å². The van der Waals surface area contributed by atoms with Crippen molar-refractivity contribution in [2.45, 2.75) is 246 Å². The minimum Gasteiger partial charge on any atom is -0.481 e. The van der Waals surface area contributed by atoms with Crippen molar-refractivity contribution in [1.82, 2.24) is 0 Å². The average molecular weight is 1410 g/mol. The number of hydrogen-bond acceptors (Lipinski definition) is 11. The highest BCUT2D eigenvalue weighted by molar-refractivity contribution is 5.97. The van der Waals surface area contributed by atoms with Crippen LogP contribution in [0.1, 0.15) is 229 Å². The summed E-state index contributed by atoms with van der Waals surface area (Å²) in [4.78, 5) is 97.7. The number of ether oxygens (including phenoxy) is 3. The second kappa shape index (κ2) is 19.5. The lowest BCUT2D eigenvalue weighted by molar-refractivity contribution is -0.178. The Bertz CT molecular complexity index is 4240. The molecule has 29 unspecified atom stereocenters. The van der Waals surface area contributed by atoms with Gasteiger partial charge in [-0.25, -0.2) is 0 Å². The summed E-state index contributed by atoms with van der Waals surface area (Å²) >= 11 is 0.